The van der Waals surface area contributed by atoms with E-state index >= 15 is 0 Å². The average Bonchev–Trinajstić information content (AvgIpc) is 3.65. The predicted octanol–water partition coefficient (Wildman–Crippen LogP) is 2.50. The van der Waals surface area contributed by atoms with Crippen LogP contribution < -0.4 is 20.4 Å². The fraction of sp³-hybridized carbons (Fsp3) is 0.458. The minimum absolute atomic E-state index is 0.0853. The van der Waals surface area contributed by atoms with Gasteiger partial charge in [0.15, 0.2) is 0 Å². The number of H-pyrrole nitrogens is 2. The third kappa shape index (κ3) is 4.02. The number of carbonyl (C=O) groups excluding carboxylic acids is 1. The maximum Gasteiger partial charge on any atom is 0.246 e. The van der Waals surface area contributed by atoms with Crippen molar-refractivity contribution in [3.05, 3.63) is 48.2 Å². The van der Waals surface area contributed by atoms with E-state index < -0.39 is 0 Å². The summed E-state index contributed by atoms with van der Waals surface area (Å²) in [6, 6.07) is 8.83. The van der Waals surface area contributed by atoms with Gasteiger partial charge in [-0.25, -0.2) is 9.97 Å². The number of anilines is 2. The molecule has 5 heterocycles. The van der Waals surface area contributed by atoms with Crippen molar-refractivity contribution in [3.63, 3.8) is 0 Å². The summed E-state index contributed by atoms with van der Waals surface area (Å²) < 4.78 is 0. The molecule has 172 valence electrons. The first kappa shape index (κ1) is 20.4. The molecular formula is C24H30N8O. The normalized spacial score (nSPS) is 23.6. The van der Waals surface area contributed by atoms with Crippen LogP contribution in [-0.4, -0.2) is 58.6 Å². The van der Waals surface area contributed by atoms with Gasteiger partial charge >= 0.3 is 0 Å². The van der Waals surface area contributed by atoms with Crippen LogP contribution in [0.25, 0.3) is 11.3 Å². The second-order valence-corrected chi connectivity index (χ2v) is 9.16. The van der Waals surface area contributed by atoms with Crippen LogP contribution in [-0.2, 0) is 4.79 Å². The molecule has 9 nitrogen and oxygen atoms in total. The summed E-state index contributed by atoms with van der Waals surface area (Å²) >= 11 is 0. The van der Waals surface area contributed by atoms with Gasteiger partial charge in [-0.1, -0.05) is 12.1 Å². The summed E-state index contributed by atoms with van der Waals surface area (Å²) in [4.78, 5) is 32.8. The third-order valence-electron chi connectivity index (χ3n) is 7.01. The molecule has 0 saturated carbocycles. The maximum atomic E-state index is 13.0. The minimum atomic E-state index is 0.0853. The molecule has 0 aliphatic carbocycles. The van der Waals surface area contributed by atoms with Crippen LogP contribution >= 0.6 is 0 Å². The van der Waals surface area contributed by atoms with Gasteiger partial charge in [-0.15, -0.1) is 0 Å². The summed E-state index contributed by atoms with van der Waals surface area (Å²) in [6.45, 7) is 3.81. The number of rotatable bonds is 5. The lowest BCUT2D eigenvalue weighted by molar-refractivity contribution is -0.117. The quantitative estimate of drug-likeness (QED) is 0.480. The van der Waals surface area contributed by atoms with Gasteiger partial charge in [0, 0.05) is 24.8 Å². The number of piperazine rings is 1. The molecule has 3 aliphatic heterocycles. The van der Waals surface area contributed by atoms with E-state index in [2.05, 4.69) is 42.7 Å². The van der Waals surface area contributed by atoms with E-state index in [-0.39, 0.29) is 5.91 Å². The Labute approximate surface area is 193 Å². The summed E-state index contributed by atoms with van der Waals surface area (Å²) in [5.41, 5.74) is 4.12. The summed E-state index contributed by atoms with van der Waals surface area (Å²) in [7, 11) is 0. The van der Waals surface area contributed by atoms with E-state index in [1.165, 1.54) is 12.8 Å². The lowest BCUT2D eigenvalue weighted by Crippen LogP contribution is -2.51. The Balaban J connectivity index is 1.11. The van der Waals surface area contributed by atoms with Crippen LogP contribution in [0.5, 0.6) is 0 Å². The molecule has 1 aromatic carbocycles. The van der Waals surface area contributed by atoms with Crippen molar-refractivity contribution in [2.75, 3.05) is 42.5 Å². The van der Waals surface area contributed by atoms with E-state index in [1.54, 1.807) is 0 Å². The van der Waals surface area contributed by atoms with Gasteiger partial charge in [0.25, 0.3) is 0 Å². The van der Waals surface area contributed by atoms with Crippen molar-refractivity contribution in [2.24, 2.45) is 0 Å². The molecule has 0 spiro atoms. The topological polar surface area (TPSA) is 105 Å². The molecule has 9 heteroatoms. The number of aromatic amines is 2. The molecule has 2 aromatic heterocycles. The lowest BCUT2D eigenvalue weighted by Gasteiger charge is -2.34. The van der Waals surface area contributed by atoms with E-state index in [0.717, 1.165) is 66.9 Å². The highest BCUT2D eigenvalue weighted by Crippen LogP contribution is 2.27. The Kier molecular flexibility index (Phi) is 5.35. The van der Waals surface area contributed by atoms with E-state index in [4.69, 9.17) is 0 Å². The number of amides is 1. The number of aromatic nitrogens is 4. The van der Waals surface area contributed by atoms with Crippen LogP contribution in [0, 0.1) is 0 Å². The lowest BCUT2D eigenvalue weighted by atomic mass is 10.1. The van der Waals surface area contributed by atoms with Crippen molar-refractivity contribution in [1.29, 1.82) is 0 Å². The van der Waals surface area contributed by atoms with Crippen molar-refractivity contribution >= 4 is 17.5 Å². The molecule has 3 aromatic rings. The molecule has 4 N–H and O–H groups in total. The Morgan fingerprint density at radius 3 is 2.39 bits per heavy atom. The standard InChI is InChI=1S/C24H30N8O/c33-22-15-31(24-28-14-21(30-24)18-3-1-9-25-18)11-12-32(22)17-7-5-16(6-8-17)20-13-27-23(29-20)19-4-2-10-26-19/h5-8,13-14,18-19,25-26H,1-4,9-12,15H2,(H,27,29)(H,28,30)/t18-,19-/m0/s1. The molecule has 2 atom stereocenters. The maximum absolute atomic E-state index is 13.0. The third-order valence-corrected chi connectivity index (χ3v) is 7.01. The molecule has 6 rings (SSSR count). The van der Waals surface area contributed by atoms with E-state index in [1.807, 2.05) is 34.3 Å². The van der Waals surface area contributed by atoms with Crippen molar-refractivity contribution < 1.29 is 4.79 Å². The molecule has 0 bridgehead atoms. The molecule has 0 radical (unpaired) electrons. The number of carbonyl (C=O) groups is 1. The molecule has 3 saturated heterocycles. The van der Waals surface area contributed by atoms with Crippen molar-refractivity contribution in [3.8, 4) is 11.3 Å². The minimum Gasteiger partial charge on any atom is -0.341 e. The first-order valence-corrected chi connectivity index (χ1v) is 12.0. The van der Waals surface area contributed by atoms with Crippen molar-refractivity contribution in [1.82, 2.24) is 30.6 Å². The zero-order chi connectivity index (χ0) is 22.2. The number of hydrogen-bond acceptors (Lipinski definition) is 6. The molecule has 33 heavy (non-hydrogen) atoms. The highest BCUT2D eigenvalue weighted by molar-refractivity contribution is 5.97. The highest BCUT2D eigenvalue weighted by atomic mass is 16.2. The largest absolute Gasteiger partial charge is 0.341 e. The highest BCUT2D eigenvalue weighted by Gasteiger charge is 2.28. The van der Waals surface area contributed by atoms with Crippen LogP contribution in [0.4, 0.5) is 11.6 Å². The van der Waals surface area contributed by atoms with Gasteiger partial charge in [0.2, 0.25) is 11.9 Å². The summed E-state index contributed by atoms with van der Waals surface area (Å²) in [5, 5.41) is 6.96. The van der Waals surface area contributed by atoms with Crippen LogP contribution in [0.1, 0.15) is 49.3 Å². The molecule has 0 unspecified atom stereocenters. The number of imidazole rings is 2. The number of hydrogen-bond donors (Lipinski definition) is 4. The number of benzene rings is 1. The van der Waals surface area contributed by atoms with Crippen LogP contribution in [0.15, 0.2) is 36.7 Å². The van der Waals surface area contributed by atoms with Gasteiger partial charge in [0.05, 0.1) is 29.8 Å². The predicted molar refractivity (Wildman–Crippen MR) is 127 cm³/mol. The Hall–Kier alpha value is -3.17. The molecule has 3 fully saturated rings. The smallest absolute Gasteiger partial charge is 0.246 e. The Bertz CT molecular complexity index is 1110. The second kappa shape index (κ2) is 8.64. The monoisotopic (exact) mass is 446 g/mol. The van der Waals surface area contributed by atoms with Gasteiger partial charge in [-0.05, 0) is 56.5 Å². The van der Waals surface area contributed by atoms with Gasteiger partial charge in [-0.3, -0.25) is 4.79 Å². The molecule has 1 amide bonds. The van der Waals surface area contributed by atoms with Gasteiger partial charge < -0.3 is 30.4 Å². The van der Waals surface area contributed by atoms with Crippen molar-refractivity contribution in [2.45, 2.75) is 37.8 Å². The zero-order valence-corrected chi connectivity index (χ0v) is 18.7. The fourth-order valence-electron chi connectivity index (χ4n) is 5.14. The average molecular weight is 447 g/mol. The first-order valence-electron chi connectivity index (χ1n) is 12.0. The first-order chi connectivity index (χ1) is 16.2. The fourth-order valence-corrected chi connectivity index (χ4v) is 5.14. The second-order valence-electron chi connectivity index (χ2n) is 9.16. The number of nitrogens with zero attached hydrogens (tertiary/aromatic N) is 4. The van der Waals surface area contributed by atoms with Crippen LogP contribution in [0.2, 0.25) is 0 Å². The molecular weight excluding hydrogens is 416 g/mol. The summed E-state index contributed by atoms with van der Waals surface area (Å²) in [5.74, 6) is 1.87. The molecule has 3 aliphatic rings. The SMILES string of the molecule is O=C1CN(c2ncc([C@@H]3CCCN3)[nH]2)CCN1c1ccc(-c2cnc([C@@H]3CCCN3)[nH]2)cc1. The number of nitrogens with one attached hydrogen (secondary N) is 4. The summed E-state index contributed by atoms with van der Waals surface area (Å²) in [6.07, 6.45) is 8.42. The van der Waals surface area contributed by atoms with Gasteiger partial charge in [0.1, 0.15) is 12.4 Å². The zero-order valence-electron chi connectivity index (χ0n) is 18.7. The van der Waals surface area contributed by atoms with E-state index in [9.17, 15) is 4.79 Å². The van der Waals surface area contributed by atoms with Gasteiger partial charge in [-0.2, -0.15) is 0 Å². The van der Waals surface area contributed by atoms with Crippen LogP contribution in [0.3, 0.4) is 0 Å². The Morgan fingerprint density at radius 2 is 1.67 bits per heavy atom. The van der Waals surface area contributed by atoms with E-state index in [0.29, 0.717) is 25.2 Å². The Morgan fingerprint density at radius 1 is 0.879 bits per heavy atom.